The summed E-state index contributed by atoms with van der Waals surface area (Å²) in [5.74, 6) is -1.34. The molecule has 1 aromatic rings. The summed E-state index contributed by atoms with van der Waals surface area (Å²) in [6, 6.07) is 6.25. The van der Waals surface area contributed by atoms with Gasteiger partial charge in [-0.05, 0) is 18.6 Å². The first-order valence-electron chi connectivity index (χ1n) is 8.73. The van der Waals surface area contributed by atoms with Crippen LogP contribution in [0, 0.1) is 0 Å². The van der Waals surface area contributed by atoms with Crippen molar-refractivity contribution in [1.82, 2.24) is 0 Å². The Labute approximate surface area is 145 Å². The molecule has 0 heterocycles. The number of carboxylic acids is 1. The van der Waals surface area contributed by atoms with E-state index < -0.39 is 5.97 Å². The molecular formula is C19H31NO4. The standard InChI is InChI=1S/C10H22O.C9H9NO3/c1-2-3-4-5-6-7-8-9-10-11;1-6(11)10-8-5-3-2-4-7(8)9(12)13/h11H,2-10H2,1H3;2-5H,1H3,(H,10,11)(H,12,13). The zero-order valence-corrected chi connectivity index (χ0v) is 14.9. The van der Waals surface area contributed by atoms with Gasteiger partial charge in [-0.1, -0.05) is 64.0 Å². The number of unbranched alkanes of at least 4 members (excludes halogenated alkanes) is 7. The van der Waals surface area contributed by atoms with Crippen LogP contribution < -0.4 is 5.32 Å². The molecule has 0 aromatic heterocycles. The van der Waals surface area contributed by atoms with Crippen LogP contribution in [0.25, 0.3) is 0 Å². The van der Waals surface area contributed by atoms with Crippen LogP contribution in [0.4, 0.5) is 5.69 Å². The molecule has 5 heteroatoms. The van der Waals surface area contributed by atoms with Crippen molar-refractivity contribution in [2.45, 2.75) is 65.2 Å². The summed E-state index contributed by atoms with van der Waals surface area (Å²) in [4.78, 5) is 21.3. The molecule has 0 radical (unpaired) electrons. The van der Waals surface area contributed by atoms with Crippen molar-refractivity contribution in [3.63, 3.8) is 0 Å². The van der Waals surface area contributed by atoms with Crippen molar-refractivity contribution >= 4 is 17.6 Å². The van der Waals surface area contributed by atoms with Crippen molar-refractivity contribution in [3.8, 4) is 0 Å². The Hall–Kier alpha value is -1.88. The molecule has 0 spiro atoms. The third-order valence-corrected chi connectivity index (χ3v) is 3.48. The van der Waals surface area contributed by atoms with Gasteiger partial charge < -0.3 is 15.5 Å². The number of hydrogen-bond acceptors (Lipinski definition) is 3. The molecule has 5 nitrogen and oxygen atoms in total. The number of carbonyl (C=O) groups is 2. The number of aliphatic hydroxyl groups is 1. The molecule has 0 saturated carbocycles. The molecule has 0 aliphatic heterocycles. The Morgan fingerprint density at radius 2 is 1.50 bits per heavy atom. The highest BCUT2D eigenvalue weighted by atomic mass is 16.4. The first-order chi connectivity index (χ1) is 11.5. The number of aromatic carboxylic acids is 1. The van der Waals surface area contributed by atoms with E-state index in [2.05, 4.69) is 12.2 Å². The van der Waals surface area contributed by atoms with Crippen LogP contribution in [0.1, 0.15) is 75.6 Å². The topological polar surface area (TPSA) is 86.6 Å². The quantitative estimate of drug-likeness (QED) is 0.550. The van der Waals surface area contributed by atoms with Gasteiger partial charge in [0.05, 0.1) is 11.3 Å². The second-order valence-corrected chi connectivity index (χ2v) is 5.73. The van der Waals surface area contributed by atoms with Crippen LogP contribution in [0.5, 0.6) is 0 Å². The van der Waals surface area contributed by atoms with E-state index in [1.807, 2.05) is 0 Å². The molecule has 0 bridgehead atoms. The number of carboxylic acid groups (broad SMARTS) is 1. The third kappa shape index (κ3) is 11.7. The summed E-state index contributed by atoms with van der Waals surface area (Å²) in [6.45, 7) is 3.94. The van der Waals surface area contributed by atoms with Gasteiger partial charge in [0.1, 0.15) is 0 Å². The molecule has 1 aromatic carbocycles. The van der Waals surface area contributed by atoms with E-state index in [-0.39, 0.29) is 11.5 Å². The first kappa shape index (κ1) is 22.1. The van der Waals surface area contributed by atoms with Gasteiger partial charge in [-0.2, -0.15) is 0 Å². The summed E-state index contributed by atoms with van der Waals surface area (Å²) in [5, 5.41) is 19.7. The summed E-state index contributed by atoms with van der Waals surface area (Å²) in [7, 11) is 0. The Kier molecular flexibility index (Phi) is 13.5. The molecule has 1 amide bonds. The van der Waals surface area contributed by atoms with E-state index in [4.69, 9.17) is 10.2 Å². The van der Waals surface area contributed by atoms with Crippen LogP contribution in [0.3, 0.4) is 0 Å². The van der Waals surface area contributed by atoms with Crippen LogP contribution in [-0.2, 0) is 4.79 Å². The molecule has 24 heavy (non-hydrogen) atoms. The predicted octanol–water partition coefficient (Wildman–Crippen LogP) is 4.46. The summed E-state index contributed by atoms with van der Waals surface area (Å²) < 4.78 is 0. The van der Waals surface area contributed by atoms with Crippen LogP contribution in [0.2, 0.25) is 0 Å². The van der Waals surface area contributed by atoms with Gasteiger partial charge in [-0.25, -0.2) is 4.79 Å². The molecule has 136 valence electrons. The fourth-order valence-electron chi connectivity index (χ4n) is 2.21. The van der Waals surface area contributed by atoms with E-state index in [9.17, 15) is 9.59 Å². The molecule has 0 aliphatic rings. The SMILES string of the molecule is CC(=O)Nc1ccccc1C(=O)O.CCCCCCCCCCO. The van der Waals surface area contributed by atoms with E-state index >= 15 is 0 Å². The monoisotopic (exact) mass is 337 g/mol. The fourth-order valence-corrected chi connectivity index (χ4v) is 2.21. The molecule has 1 rings (SSSR count). The number of hydrogen-bond donors (Lipinski definition) is 3. The lowest BCUT2D eigenvalue weighted by atomic mass is 10.1. The average Bonchev–Trinajstić information content (AvgIpc) is 2.54. The van der Waals surface area contributed by atoms with E-state index in [0.717, 1.165) is 6.42 Å². The number of amides is 1. The first-order valence-corrected chi connectivity index (χ1v) is 8.73. The highest BCUT2D eigenvalue weighted by molar-refractivity contribution is 5.99. The maximum atomic E-state index is 10.7. The average molecular weight is 337 g/mol. The van der Waals surface area contributed by atoms with E-state index in [0.29, 0.717) is 12.3 Å². The maximum absolute atomic E-state index is 10.7. The number of anilines is 1. The van der Waals surface area contributed by atoms with Gasteiger partial charge in [0, 0.05) is 13.5 Å². The van der Waals surface area contributed by atoms with Gasteiger partial charge in [0.15, 0.2) is 0 Å². The largest absolute Gasteiger partial charge is 0.478 e. The molecule has 3 N–H and O–H groups in total. The molecule has 0 aliphatic carbocycles. The number of nitrogens with one attached hydrogen (secondary N) is 1. The van der Waals surface area contributed by atoms with Gasteiger partial charge in [0.2, 0.25) is 5.91 Å². The number of benzene rings is 1. The Balaban J connectivity index is 0.000000449. The highest BCUT2D eigenvalue weighted by Gasteiger charge is 2.08. The van der Waals surface area contributed by atoms with Crippen molar-refractivity contribution in [3.05, 3.63) is 29.8 Å². The van der Waals surface area contributed by atoms with Crippen LogP contribution in [0.15, 0.2) is 24.3 Å². The zero-order valence-electron chi connectivity index (χ0n) is 14.9. The van der Waals surface area contributed by atoms with E-state index in [1.54, 1.807) is 18.2 Å². The maximum Gasteiger partial charge on any atom is 0.337 e. The summed E-state index contributed by atoms with van der Waals surface area (Å²) in [5.41, 5.74) is 0.417. The van der Waals surface area contributed by atoms with Gasteiger partial charge >= 0.3 is 5.97 Å². The molecular weight excluding hydrogens is 306 g/mol. The number of carbonyl (C=O) groups excluding carboxylic acids is 1. The molecule has 0 saturated heterocycles. The third-order valence-electron chi connectivity index (χ3n) is 3.48. The smallest absolute Gasteiger partial charge is 0.337 e. The van der Waals surface area contributed by atoms with Crippen molar-refractivity contribution in [1.29, 1.82) is 0 Å². The number of para-hydroxylation sites is 1. The van der Waals surface area contributed by atoms with Gasteiger partial charge in [-0.15, -0.1) is 0 Å². The fraction of sp³-hybridized carbons (Fsp3) is 0.579. The van der Waals surface area contributed by atoms with Crippen LogP contribution in [-0.4, -0.2) is 28.7 Å². The van der Waals surface area contributed by atoms with Crippen LogP contribution >= 0.6 is 0 Å². The predicted molar refractivity (Wildman–Crippen MR) is 97.4 cm³/mol. The lowest BCUT2D eigenvalue weighted by molar-refractivity contribution is -0.114. The normalized spacial score (nSPS) is 9.79. The lowest BCUT2D eigenvalue weighted by Crippen LogP contribution is -2.10. The second-order valence-electron chi connectivity index (χ2n) is 5.73. The molecule has 0 fully saturated rings. The molecule has 0 unspecified atom stereocenters. The lowest BCUT2D eigenvalue weighted by Gasteiger charge is -2.04. The highest BCUT2D eigenvalue weighted by Crippen LogP contribution is 2.14. The Bertz CT molecular complexity index is 466. The van der Waals surface area contributed by atoms with Crippen molar-refractivity contribution in [2.75, 3.05) is 11.9 Å². The number of rotatable bonds is 10. The minimum absolute atomic E-state index is 0.0951. The summed E-state index contributed by atoms with van der Waals surface area (Å²) in [6.07, 6.45) is 10.4. The zero-order chi connectivity index (χ0) is 18.2. The Morgan fingerprint density at radius 1 is 0.958 bits per heavy atom. The molecule has 0 atom stereocenters. The Morgan fingerprint density at radius 3 is 2.00 bits per heavy atom. The number of aliphatic hydroxyl groups excluding tert-OH is 1. The van der Waals surface area contributed by atoms with Crippen molar-refractivity contribution in [2.24, 2.45) is 0 Å². The minimum atomic E-state index is -1.05. The van der Waals surface area contributed by atoms with Gasteiger partial charge in [0.25, 0.3) is 0 Å². The summed E-state index contributed by atoms with van der Waals surface area (Å²) >= 11 is 0. The second kappa shape index (κ2) is 14.7. The van der Waals surface area contributed by atoms with Crippen molar-refractivity contribution < 1.29 is 19.8 Å². The van der Waals surface area contributed by atoms with E-state index in [1.165, 1.54) is 57.9 Å². The minimum Gasteiger partial charge on any atom is -0.478 e. The van der Waals surface area contributed by atoms with Gasteiger partial charge in [-0.3, -0.25) is 4.79 Å².